The van der Waals surface area contributed by atoms with E-state index < -0.39 is 49.5 Å². The van der Waals surface area contributed by atoms with Crippen molar-refractivity contribution in [2.24, 2.45) is 0 Å². The van der Waals surface area contributed by atoms with Crippen molar-refractivity contribution in [2.45, 2.75) is 36.9 Å². The first-order valence-electron chi connectivity index (χ1n) is 4.54. The number of aliphatic carboxylic acids is 1. The highest BCUT2D eigenvalue weighted by atomic mass is 16.4. The standard InChI is InChI=1S/C8H16O8/c9-2-4(11)7(15)8(16)6(14)3(10)1-5(12)13/h3-4,6-11,14-16H,1-2H2,(H,12,13). The maximum atomic E-state index is 10.2. The Morgan fingerprint density at radius 3 is 1.69 bits per heavy atom. The van der Waals surface area contributed by atoms with E-state index in [2.05, 4.69) is 0 Å². The second kappa shape index (κ2) is 6.74. The number of carboxylic acids is 1. The maximum absolute atomic E-state index is 10.2. The molecule has 0 aliphatic rings. The van der Waals surface area contributed by atoms with Crippen LogP contribution in [0.25, 0.3) is 0 Å². The zero-order valence-corrected chi connectivity index (χ0v) is 8.34. The molecule has 0 heterocycles. The van der Waals surface area contributed by atoms with Crippen molar-refractivity contribution in [3.8, 4) is 0 Å². The lowest BCUT2D eigenvalue weighted by Gasteiger charge is -2.27. The summed E-state index contributed by atoms with van der Waals surface area (Å²) in [7, 11) is 0. The number of rotatable bonds is 7. The van der Waals surface area contributed by atoms with Crippen molar-refractivity contribution in [2.75, 3.05) is 6.61 Å². The fourth-order valence-corrected chi connectivity index (χ4v) is 1.06. The van der Waals surface area contributed by atoms with Gasteiger partial charge < -0.3 is 35.7 Å². The van der Waals surface area contributed by atoms with Crippen LogP contribution < -0.4 is 0 Å². The summed E-state index contributed by atoms with van der Waals surface area (Å²) in [5.74, 6) is -1.39. The molecule has 96 valence electrons. The maximum Gasteiger partial charge on any atom is 0.306 e. The largest absolute Gasteiger partial charge is 0.481 e. The van der Waals surface area contributed by atoms with Gasteiger partial charge in [-0.3, -0.25) is 4.79 Å². The second-order valence-electron chi connectivity index (χ2n) is 3.39. The van der Waals surface area contributed by atoms with Gasteiger partial charge in [0.1, 0.15) is 24.4 Å². The van der Waals surface area contributed by atoms with Gasteiger partial charge in [-0.2, -0.15) is 0 Å². The molecule has 0 radical (unpaired) electrons. The number of carboxylic acid groups (broad SMARTS) is 1. The number of carbonyl (C=O) groups is 1. The third-order valence-corrected chi connectivity index (χ3v) is 2.06. The summed E-state index contributed by atoms with van der Waals surface area (Å²) in [6, 6.07) is 0. The van der Waals surface area contributed by atoms with Gasteiger partial charge in [0.25, 0.3) is 0 Å². The summed E-state index contributed by atoms with van der Waals surface area (Å²) >= 11 is 0. The number of aliphatic hydroxyl groups excluding tert-OH is 6. The Morgan fingerprint density at radius 2 is 1.31 bits per heavy atom. The molecule has 0 aromatic heterocycles. The predicted molar refractivity (Wildman–Crippen MR) is 49.4 cm³/mol. The summed E-state index contributed by atoms with van der Waals surface area (Å²) in [6.45, 7) is -0.847. The molecule has 5 unspecified atom stereocenters. The van der Waals surface area contributed by atoms with Crippen molar-refractivity contribution in [3.05, 3.63) is 0 Å². The minimum Gasteiger partial charge on any atom is -0.481 e. The third-order valence-electron chi connectivity index (χ3n) is 2.06. The van der Waals surface area contributed by atoms with Crippen molar-refractivity contribution in [3.63, 3.8) is 0 Å². The molecule has 16 heavy (non-hydrogen) atoms. The van der Waals surface area contributed by atoms with Gasteiger partial charge >= 0.3 is 5.97 Å². The van der Waals surface area contributed by atoms with E-state index in [1.807, 2.05) is 0 Å². The van der Waals surface area contributed by atoms with Gasteiger partial charge in [-0.15, -0.1) is 0 Å². The Hall–Kier alpha value is -0.770. The average Bonchev–Trinajstić information content (AvgIpc) is 2.23. The Morgan fingerprint density at radius 1 is 0.875 bits per heavy atom. The Bertz CT molecular complexity index is 220. The summed E-state index contributed by atoms with van der Waals surface area (Å²) in [5, 5.41) is 62.5. The van der Waals surface area contributed by atoms with Crippen LogP contribution in [0.4, 0.5) is 0 Å². The van der Waals surface area contributed by atoms with Crippen LogP contribution in [-0.4, -0.2) is 78.8 Å². The molecule has 0 aromatic carbocycles. The first-order chi connectivity index (χ1) is 7.31. The SMILES string of the molecule is O=C(O)CC(O)C(O)C(O)C(O)C(O)CO. The van der Waals surface area contributed by atoms with E-state index in [9.17, 15) is 15.0 Å². The van der Waals surface area contributed by atoms with Crippen LogP contribution in [0.3, 0.4) is 0 Å². The van der Waals surface area contributed by atoms with Crippen molar-refractivity contribution in [1.29, 1.82) is 0 Å². The van der Waals surface area contributed by atoms with E-state index in [1.54, 1.807) is 0 Å². The van der Waals surface area contributed by atoms with Gasteiger partial charge in [-0.25, -0.2) is 0 Å². The fraction of sp³-hybridized carbons (Fsp3) is 0.875. The quantitative estimate of drug-likeness (QED) is 0.239. The molecular formula is C8H16O8. The van der Waals surface area contributed by atoms with E-state index >= 15 is 0 Å². The minimum atomic E-state index is -1.96. The lowest BCUT2D eigenvalue weighted by molar-refractivity contribution is -0.153. The molecule has 8 nitrogen and oxygen atoms in total. The molecule has 0 saturated heterocycles. The first-order valence-corrected chi connectivity index (χ1v) is 4.54. The smallest absolute Gasteiger partial charge is 0.306 e. The van der Waals surface area contributed by atoms with Crippen LogP contribution in [0.1, 0.15) is 6.42 Å². The molecule has 0 spiro atoms. The molecule has 0 bridgehead atoms. The summed E-state index contributed by atoms with van der Waals surface area (Å²) < 4.78 is 0. The predicted octanol–water partition coefficient (Wildman–Crippen LogP) is -3.74. The monoisotopic (exact) mass is 240 g/mol. The Balaban J connectivity index is 4.35. The molecular weight excluding hydrogens is 224 g/mol. The summed E-state index contributed by atoms with van der Waals surface area (Å²) in [4.78, 5) is 10.2. The molecule has 0 rings (SSSR count). The average molecular weight is 240 g/mol. The van der Waals surface area contributed by atoms with Crippen molar-refractivity contribution < 1.29 is 40.5 Å². The van der Waals surface area contributed by atoms with Crippen molar-refractivity contribution in [1.82, 2.24) is 0 Å². The van der Waals surface area contributed by atoms with E-state index in [0.717, 1.165) is 0 Å². The second-order valence-corrected chi connectivity index (χ2v) is 3.39. The van der Waals surface area contributed by atoms with Crippen molar-refractivity contribution >= 4 is 5.97 Å². The highest BCUT2D eigenvalue weighted by Gasteiger charge is 2.34. The molecule has 0 saturated carbocycles. The normalized spacial score (nSPS) is 20.9. The molecule has 0 aliphatic carbocycles. The molecule has 0 fully saturated rings. The molecule has 8 heteroatoms. The van der Waals surface area contributed by atoms with Gasteiger partial charge in [-0.1, -0.05) is 0 Å². The van der Waals surface area contributed by atoms with Gasteiger partial charge in [0.15, 0.2) is 0 Å². The topological polar surface area (TPSA) is 159 Å². The lowest BCUT2D eigenvalue weighted by atomic mass is 9.98. The van der Waals surface area contributed by atoms with Gasteiger partial charge in [0, 0.05) is 0 Å². The highest BCUT2D eigenvalue weighted by molar-refractivity contribution is 5.67. The van der Waals surface area contributed by atoms with Crippen LogP contribution in [0, 0.1) is 0 Å². The minimum absolute atomic E-state index is 0.819. The fourth-order valence-electron chi connectivity index (χ4n) is 1.06. The van der Waals surface area contributed by atoms with Crippen LogP contribution in [0.5, 0.6) is 0 Å². The summed E-state index contributed by atoms with van der Waals surface area (Å²) in [5.41, 5.74) is 0. The van der Waals surface area contributed by atoms with E-state index in [0.29, 0.717) is 0 Å². The number of aliphatic hydroxyl groups is 6. The molecule has 0 aromatic rings. The van der Waals surface area contributed by atoms with Gasteiger partial charge in [-0.05, 0) is 0 Å². The number of hydrogen-bond acceptors (Lipinski definition) is 7. The lowest BCUT2D eigenvalue weighted by Crippen LogP contribution is -2.50. The van der Waals surface area contributed by atoms with Crippen LogP contribution in [0.15, 0.2) is 0 Å². The summed E-state index contributed by atoms with van der Waals surface area (Å²) in [6.07, 6.45) is -10.1. The zero-order chi connectivity index (χ0) is 12.9. The first kappa shape index (κ1) is 15.2. The molecule has 7 N–H and O–H groups in total. The van der Waals surface area contributed by atoms with Gasteiger partial charge in [0.05, 0.1) is 19.1 Å². The molecule has 5 atom stereocenters. The number of hydrogen-bond donors (Lipinski definition) is 7. The van der Waals surface area contributed by atoms with Crippen LogP contribution in [0.2, 0.25) is 0 Å². The van der Waals surface area contributed by atoms with Crippen LogP contribution in [-0.2, 0) is 4.79 Å². The highest BCUT2D eigenvalue weighted by Crippen LogP contribution is 2.10. The van der Waals surface area contributed by atoms with Gasteiger partial charge in [0.2, 0.25) is 0 Å². The Kier molecular flexibility index (Phi) is 6.41. The van der Waals surface area contributed by atoms with E-state index in [-0.39, 0.29) is 0 Å². The van der Waals surface area contributed by atoms with E-state index in [1.165, 1.54) is 0 Å². The Labute approximate surface area is 91.0 Å². The molecule has 0 aliphatic heterocycles. The zero-order valence-electron chi connectivity index (χ0n) is 8.34. The van der Waals surface area contributed by atoms with Crippen LogP contribution >= 0.6 is 0 Å². The molecule has 0 amide bonds. The van der Waals surface area contributed by atoms with E-state index in [4.69, 9.17) is 25.5 Å². The third kappa shape index (κ3) is 4.39.